The van der Waals surface area contributed by atoms with Crippen LogP contribution in [-0.4, -0.2) is 67.8 Å². The number of hydrogen-bond acceptors (Lipinski definition) is 14. The van der Waals surface area contributed by atoms with E-state index in [2.05, 4.69) is 6.08 Å². The van der Waals surface area contributed by atoms with Gasteiger partial charge in [-0.15, -0.1) is 0 Å². The maximum Gasteiger partial charge on any atom is 2.00 e. The molecule has 0 spiro atoms. The van der Waals surface area contributed by atoms with Crippen LogP contribution in [-0.2, 0) is 54.4 Å². The summed E-state index contributed by atoms with van der Waals surface area (Å²) in [5, 5.41) is 0. The van der Waals surface area contributed by atoms with E-state index in [0.29, 0.717) is 6.42 Å². The molecule has 2 aliphatic carbocycles. The molecule has 0 aromatic carbocycles. The number of alkyl halides is 6. The number of ether oxygens (including phenoxy) is 1. The van der Waals surface area contributed by atoms with Crippen molar-refractivity contribution in [2.45, 2.75) is 17.4 Å². The van der Waals surface area contributed by atoms with Crippen LogP contribution >= 0.6 is 0 Å². The van der Waals surface area contributed by atoms with Gasteiger partial charge in [0.05, 0.1) is 18.9 Å². The zero-order valence-electron chi connectivity index (χ0n) is 20.8. The molecule has 240 valence electrons. The molecule has 24 heteroatoms. The van der Waals surface area contributed by atoms with E-state index in [-0.39, 0.29) is 80.1 Å². The first kappa shape index (κ1) is 50.8. The van der Waals surface area contributed by atoms with Crippen LogP contribution in [0.3, 0.4) is 0 Å². The second-order valence-electron chi connectivity index (χ2n) is 6.74. The molecular formula is C16H30F6N6O9OsS2. The number of nitrogens with zero attached hydrogens (tertiary/aromatic N) is 1. The predicted octanol–water partition coefficient (Wildman–Crippen LogP) is 2.17. The Kier molecular flexibility index (Phi) is 22.5. The van der Waals surface area contributed by atoms with E-state index < -0.39 is 31.3 Å². The van der Waals surface area contributed by atoms with Gasteiger partial charge in [0.2, 0.25) is 11.8 Å². The Morgan fingerprint density at radius 2 is 1.23 bits per heavy atom. The molecule has 0 bridgehead atoms. The largest absolute Gasteiger partial charge is 2.00 e. The van der Waals surface area contributed by atoms with Crippen molar-refractivity contribution < 1.29 is 86.4 Å². The molecule has 1 fully saturated rings. The van der Waals surface area contributed by atoms with Gasteiger partial charge in [-0.1, -0.05) is 12.2 Å². The van der Waals surface area contributed by atoms with Crippen molar-refractivity contribution >= 4 is 32.1 Å². The van der Waals surface area contributed by atoms with E-state index in [1.165, 1.54) is 4.90 Å². The number of fused-ring (bicyclic) bond motifs is 3. The number of carbonyl (C=O) groups excluding carboxylic acids is 2. The minimum atomic E-state index is -6.09. The molecule has 1 aliphatic heterocycles. The first-order valence-corrected chi connectivity index (χ1v) is 11.4. The third kappa shape index (κ3) is 12.2. The summed E-state index contributed by atoms with van der Waals surface area (Å²) in [5.41, 5.74) is -10.2. The van der Waals surface area contributed by atoms with Crippen molar-refractivity contribution in [2.75, 3.05) is 14.2 Å². The third-order valence-electron chi connectivity index (χ3n) is 4.66. The van der Waals surface area contributed by atoms with Gasteiger partial charge in [0.1, 0.15) is 5.76 Å². The number of amides is 2. The van der Waals surface area contributed by atoms with Crippen LogP contribution in [0.15, 0.2) is 35.6 Å². The average molecular weight is 819 g/mol. The van der Waals surface area contributed by atoms with Crippen molar-refractivity contribution in [3.05, 3.63) is 35.6 Å². The van der Waals surface area contributed by atoms with Gasteiger partial charge in [0.15, 0.2) is 20.2 Å². The third-order valence-corrected chi connectivity index (χ3v) is 5.80. The van der Waals surface area contributed by atoms with Crippen molar-refractivity contribution in [3.63, 3.8) is 0 Å². The second-order valence-corrected chi connectivity index (χ2v) is 9.48. The monoisotopic (exact) mass is 820 g/mol. The number of likely N-dealkylation sites (tertiary alicyclic amines) is 1. The zero-order chi connectivity index (χ0) is 26.9. The van der Waals surface area contributed by atoms with Crippen LogP contribution in [0, 0.1) is 17.8 Å². The Morgan fingerprint density at radius 1 is 0.850 bits per heavy atom. The fraction of sp³-hybridized carbons (Fsp3) is 0.500. The zero-order valence-corrected chi connectivity index (χ0v) is 25.0. The van der Waals surface area contributed by atoms with E-state index in [1.54, 1.807) is 14.2 Å². The van der Waals surface area contributed by atoms with E-state index in [9.17, 15) is 35.9 Å². The van der Waals surface area contributed by atoms with Crippen molar-refractivity contribution in [3.8, 4) is 0 Å². The molecule has 0 unspecified atom stereocenters. The Labute approximate surface area is 238 Å². The number of allylic oxidation sites excluding steroid dienone is 5. The van der Waals surface area contributed by atoms with Crippen LogP contribution in [0.5, 0.6) is 0 Å². The first-order chi connectivity index (χ1) is 15.1. The second kappa shape index (κ2) is 17.7. The molecule has 15 N–H and O–H groups in total. The molecule has 0 radical (unpaired) electrons. The van der Waals surface area contributed by atoms with Crippen LogP contribution in [0.25, 0.3) is 0 Å². The number of hydrogen-bond donors (Lipinski definition) is 5. The molecule has 1 heterocycles. The van der Waals surface area contributed by atoms with Crippen molar-refractivity contribution in [2.24, 2.45) is 17.8 Å². The smallest absolute Gasteiger partial charge is 0.741 e. The summed E-state index contributed by atoms with van der Waals surface area (Å²) in [5.74, 6) is 0.164. The molecule has 15 nitrogen and oxygen atoms in total. The van der Waals surface area contributed by atoms with Crippen LogP contribution in [0.2, 0.25) is 0 Å². The van der Waals surface area contributed by atoms with Gasteiger partial charge >= 0.3 is 30.8 Å². The molecule has 0 aromatic rings. The Morgan fingerprint density at radius 3 is 1.55 bits per heavy atom. The maximum atomic E-state index is 12.2. The molecule has 0 aromatic heterocycles. The predicted molar refractivity (Wildman–Crippen MR) is 122 cm³/mol. The van der Waals surface area contributed by atoms with E-state index >= 15 is 0 Å². The summed E-state index contributed by atoms with van der Waals surface area (Å²) in [7, 11) is -9.00. The summed E-state index contributed by atoms with van der Waals surface area (Å²) in [6.45, 7) is 0. The maximum absolute atomic E-state index is 12.2. The van der Waals surface area contributed by atoms with Gasteiger partial charge < -0.3 is 44.6 Å². The van der Waals surface area contributed by atoms with Gasteiger partial charge in [-0.3, -0.25) is 14.5 Å². The van der Waals surface area contributed by atoms with Gasteiger partial charge in [0.25, 0.3) is 0 Å². The molecule has 3 atom stereocenters. The molecule has 3 rings (SSSR count). The van der Waals surface area contributed by atoms with E-state index in [1.807, 2.05) is 18.2 Å². The fourth-order valence-corrected chi connectivity index (χ4v) is 3.09. The van der Waals surface area contributed by atoms with E-state index in [0.717, 1.165) is 11.3 Å². The quantitative estimate of drug-likeness (QED) is 0.110. The van der Waals surface area contributed by atoms with Crippen LogP contribution in [0.1, 0.15) is 6.42 Å². The van der Waals surface area contributed by atoms with Crippen LogP contribution in [0.4, 0.5) is 26.3 Å². The molecule has 3 aliphatic rings. The summed E-state index contributed by atoms with van der Waals surface area (Å²) < 4.78 is 123. The van der Waals surface area contributed by atoms with Gasteiger partial charge in [-0.25, -0.2) is 16.8 Å². The molecule has 2 amide bonds. The summed E-state index contributed by atoms with van der Waals surface area (Å²) >= 11 is 0. The Bertz CT molecular complexity index is 1100. The summed E-state index contributed by atoms with van der Waals surface area (Å²) in [6, 6.07) is 0. The molecule has 0 saturated carbocycles. The van der Waals surface area contributed by atoms with Crippen molar-refractivity contribution in [1.82, 2.24) is 35.7 Å². The minimum absolute atomic E-state index is 0. The van der Waals surface area contributed by atoms with Gasteiger partial charge in [-0.2, -0.15) is 26.3 Å². The summed E-state index contributed by atoms with van der Waals surface area (Å²) in [6.07, 6.45) is 8.55. The number of imide groups is 1. The number of carbonyl (C=O) groups is 2. The van der Waals surface area contributed by atoms with Gasteiger partial charge in [-0.05, 0) is 24.1 Å². The standard InChI is InChI=1S/C14H15NO3.2CHF3O3S.5H3N.Os/c1-15-13(16)10-6-4-8-3-5-9(18-2)7-11(8)12(10)14(15)17;2*2-1(3,4)8(5,6)7;;;;;;/h3-5,7,10-12H,6H2,1-2H3;2*(H,5,6,7);5*1H3;/q;;;;;;;;+2/p-2/t10-,11+,12-;;;;;;;;/m1......../s1. The first-order valence-electron chi connectivity index (χ1n) is 8.63. The van der Waals surface area contributed by atoms with Gasteiger partial charge in [0, 0.05) is 13.0 Å². The number of halogens is 6. The average Bonchev–Trinajstić information content (AvgIpc) is 2.90. The Hall–Kier alpha value is -2.00. The number of methoxy groups -OCH3 is 1. The van der Waals surface area contributed by atoms with Crippen LogP contribution < -0.4 is 30.8 Å². The minimum Gasteiger partial charge on any atom is -0.741 e. The molecule has 1 saturated heterocycles. The van der Waals surface area contributed by atoms with E-state index in [4.69, 9.17) is 30.7 Å². The Balaban J connectivity index is -0.000000114. The molecule has 40 heavy (non-hydrogen) atoms. The summed E-state index contributed by atoms with van der Waals surface area (Å²) in [4.78, 5) is 25.4. The number of rotatable bonds is 1. The van der Waals surface area contributed by atoms with Crippen molar-refractivity contribution in [1.29, 1.82) is 0 Å². The SMILES string of the molecule is COC1=C[C@H]2C(=CC[C@H]3C(=O)N(C)C(=O)[C@@H]23)C=C1.N.N.N.N.N.O=S(=O)([O-])C(F)(F)F.O=S(=O)([O-])C(F)(F)F.[Os+2]. The normalized spacial score (nSPS) is 20.9. The topological polar surface area (TPSA) is 336 Å². The fourth-order valence-electron chi connectivity index (χ4n) is 3.09. The molecular weight excluding hydrogens is 789 g/mol.